The molecule has 1 aromatic rings. The van der Waals surface area contributed by atoms with Crippen LogP contribution in [0.4, 0.5) is 0 Å². The summed E-state index contributed by atoms with van der Waals surface area (Å²) in [5.41, 5.74) is 1.93. The molecule has 1 atom stereocenters. The highest BCUT2D eigenvalue weighted by Crippen LogP contribution is 2.06. The van der Waals surface area contributed by atoms with Gasteiger partial charge < -0.3 is 9.84 Å². The Morgan fingerprint density at radius 3 is 2.59 bits per heavy atom. The zero-order chi connectivity index (χ0) is 12.7. The second-order valence-electron chi connectivity index (χ2n) is 4.05. The molecule has 0 heterocycles. The fourth-order valence-corrected chi connectivity index (χ4v) is 1.51. The van der Waals surface area contributed by atoms with E-state index in [1.54, 1.807) is 6.08 Å². The summed E-state index contributed by atoms with van der Waals surface area (Å²) in [4.78, 5) is 10.6. The average molecular weight is 234 g/mol. The van der Waals surface area contributed by atoms with Gasteiger partial charge in [0.05, 0.1) is 6.10 Å². The summed E-state index contributed by atoms with van der Waals surface area (Å²) in [7, 11) is 0. The van der Waals surface area contributed by atoms with E-state index >= 15 is 0 Å². The van der Waals surface area contributed by atoms with Crippen LogP contribution in [0, 0.1) is 0 Å². The van der Waals surface area contributed by atoms with Crippen LogP contribution >= 0.6 is 0 Å². The molecule has 1 unspecified atom stereocenters. The summed E-state index contributed by atoms with van der Waals surface area (Å²) in [5.74, 6) is -0.310. The number of esters is 1. The maximum atomic E-state index is 10.6. The Bertz CT molecular complexity index is 382. The van der Waals surface area contributed by atoms with Crippen molar-refractivity contribution in [2.24, 2.45) is 0 Å². The van der Waals surface area contributed by atoms with Crippen molar-refractivity contribution in [3.8, 4) is 0 Å². The third-order valence-corrected chi connectivity index (χ3v) is 2.27. The Morgan fingerprint density at radius 2 is 2.00 bits per heavy atom. The maximum Gasteiger partial charge on any atom is 0.302 e. The van der Waals surface area contributed by atoms with Crippen LogP contribution in [-0.4, -0.2) is 23.8 Å². The summed E-state index contributed by atoms with van der Waals surface area (Å²) >= 11 is 0. The van der Waals surface area contributed by atoms with Gasteiger partial charge in [0.25, 0.3) is 0 Å². The lowest BCUT2D eigenvalue weighted by atomic mass is 10.1. The summed E-state index contributed by atoms with van der Waals surface area (Å²) in [6, 6.07) is 9.77. The first-order valence-corrected chi connectivity index (χ1v) is 5.60. The van der Waals surface area contributed by atoms with Crippen molar-refractivity contribution in [3.05, 3.63) is 47.5 Å². The van der Waals surface area contributed by atoms with E-state index in [0.29, 0.717) is 6.42 Å². The third kappa shape index (κ3) is 5.88. The molecule has 0 spiro atoms. The van der Waals surface area contributed by atoms with Crippen molar-refractivity contribution in [3.63, 3.8) is 0 Å². The highest BCUT2D eigenvalue weighted by Gasteiger charge is 2.03. The Kier molecular flexibility index (Phi) is 5.43. The van der Waals surface area contributed by atoms with Gasteiger partial charge in [0.1, 0.15) is 6.61 Å². The molecule has 0 saturated heterocycles. The molecular formula is C14H18O3. The lowest BCUT2D eigenvalue weighted by Crippen LogP contribution is -2.09. The number of aliphatic hydroxyl groups excluding tert-OH is 1. The number of hydrogen-bond acceptors (Lipinski definition) is 3. The fourth-order valence-electron chi connectivity index (χ4n) is 1.51. The molecule has 1 aromatic carbocycles. The summed E-state index contributed by atoms with van der Waals surface area (Å²) in [6.07, 6.45) is 1.74. The van der Waals surface area contributed by atoms with Gasteiger partial charge in [-0.25, -0.2) is 0 Å². The Hall–Kier alpha value is -1.61. The minimum absolute atomic E-state index is 0.237. The third-order valence-electron chi connectivity index (χ3n) is 2.27. The molecule has 1 N–H and O–H groups in total. The normalized spacial score (nSPS) is 13.2. The van der Waals surface area contributed by atoms with Gasteiger partial charge in [0.15, 0.2) is 0 Å². The fraction of sp³-hybridized carbons (Fsp3) is 0.357. The van der Waals surface area contributed by atoms with E-state index in [4.69, 9.17) is 4.74 Å². The maximum absolute atomic E-state index is 10.6. The predicted molar refractivity (Wildman–Crippen MR) is 66.5 cm³/mol. The first-order valence-electron chi connectivity index (χ1n) is 5.60. The van der Waals surface area contributed by atoms with Crippen LogP contribution in [0.15, 0.2) is 42.0 Å². The molecule has 3 heteroatoms. The number of ether oxygens (including phenoxy) is 1. The predicted octanol–water partition coefficient (Wildman–Crippen LogP) is 2.10. The number of rotatable bonds is 5. The van der Waals surface area contributed by atoms with Crippen molar-refractivity contribution in [2.75, 3.05) is 6.61 Å². The van der Waals surface area contributed by atoms with Crippen LogP contribution in [0.1, 0.15) is 19.4 Å². The summed E-state index contributed by atoms with van der Waals surface area (Å²) < 4.78 is 4.84. The van der Waals surface area contributed by atoms with E-state index in [1.165, 1.54) is 6.92 Å². The Balaban J connectivity index is 2.45. The molecule has 0 saturated carbocycles. The van der Waals surface area contributed by atoms with Gasteiger partial charge >= 0.3 is 5.97 Å². The number of carbonyl (C=O) groups excluding carboxylic acids is 1. The molecule has 0 aliphatic rings. The number of aliphatic hydroxyl groups is 1. The first-order chi connectivity index (χ1) is 8.08. The number of carbonyl (C=O) groups is 1. The monoisotopic (exact) mass is 234 g/mol. The van der Waals surface area contributed by atoms with Crippen molar-refractivity contribution >= 4 is 5.97 Å². The average Bonchev–Trinajstić information content (AvgIpc) is 2.27. The molecule has 0 radical (unpaired) electrons. The standard InChI is InChI=1S/C14H18O3/c1-11(10-17-12(2)15)8-14(16)9-13-6-4-3-5-7-13/h3-8,14,16H,9-10H2,1-2H3/b11-8+. The molecular weight excluding hydrogens is 216 g/mol. The lowest BCUT2D eigenvalue weighted by Gasteiger charge is -2.08. The molecule has 0 aliphatic heterocycles. The van der Waals surface area contributed by atoms with Crippen molar-refractivity contribution in [2.45, 2.75) is 26.4 Å². The highest BCUT2D eigenvalue weighted by atomic mass is 16.5. The number of benzene rings is 1. The molecule has 92 valence electrons. The molecule has 17 heavy (non-hydrogen) atoms. The minimum Gasteiger partial charge on any atom is -0.461 e. The molecule has 0 aliphatic carbocycles. The van der Waals surface area contributed by atoms with E-state index < -0.39 is 6.10 Å². The van der Waals surface area contributed by atoms with Gasteiger partial charge in [-0.2, -0.15) is 0 Å². The van der Waals surface area contributed by atoms with Crippen molar-refractivity contribution < 1.29 is 14.6 Å². The summed E-state index contributed by atoms with van der Waals surface area (Å²) in [5, 5.41) is 9.82. The quantitative estimate of drug-likeness (QED) is 0.627. The zero-order valence-electron chi connectivity index (χ0n) is 10.2. The molecule has 0 bridgehead atoms. The van der Waals surface area contributed by atoms with E-state index in [2.05, 4.69) is 0 Å². The first kappa shape index (κ1) is 13.5. The van der Waals surface area contributed by atoms with Gasteiger partial charge in [-0.15, -0.1) is 0 Å². The second-order valence-corrected chi connectivity index (χ2v) is 4.05. The Morgan fingerprint density at radius 1 is 1.35 bits per heavy atom. The van der Waals surface area contributed by atoms with E-state index in [9.17, 15) is 9.90 Å². The molecule has 0 fully saturated rings. The molecule has 0 amide bonds. The van der Waals surface area contributed by atoms with E-state index in [0.717, 1.165) is 11.1 Å². The zero-order valence-corrected chi connectivity index (χ0v) is 10.2. The van der Waals surface area contributed by atoms with E-state index in [1.807, 2.05) is 37.3 Å². The smallest absolute Gasteiger partial charge is 0.302 e. The SMILES string of the molecule is CC(=O)OC/C(C)=C/C(O)Cc1ccccc1. The van der Waals surface area contributed by atoms with Gasteiger partial charge in [0, 0.05) is 13.3 Å². The second kappa shape index (κ2) is 6.86. The number of hydrogen-bond donors (Lipinski definition) is 1. The van der Waals surface area contributed by atoms with Gasteiger partial charge in [-0.3, -0.25) is 4.79 Å². The van der Waals surface area contributed by atoms with Crippen LogP contribution < -0.4 is 0 Å². The van der Waals surface area contributed by atoms with Crippen LogP contribution in [0.2, 0.25) is 0 Å². The van der Waals surface area contributed by atoms with Crippen LogP contribution in [0.3, 0.4) is 0 Å². The molecule has 1 rings (SSSR count). The van der Waals surface area contributed by atoms with Gasteiger partial charge in [-0.05, 0) is 18.1 Å². The largest absolute Gasteiger partial charge is 0.461 e. The minimum atomic E-state index is -0.548. The molecule has 0 aromatic heterocycles. The van der Waals surface area contributed by atoms with Crippen LogP contribution in [0.5, 0.6) is 0 Å². The molecule has 3 nitrogen and oxygen atoms in total. The lowest BCUT2D eigenvalue weighted by molar-refractivity contribution is -0.139. The summed E-state index contributed by atoms with van der Waals surface area (Å²) in [6.45, 7) is 3.44. The van der Waals surface area contributed by atoms with Crippen molar-refractivity contribution in [1.29, 1.82) is 0 Å². The van der Waals surface area contributed by atoms with Crippen molar-refractivity contribution in [1.82, 2.24) is 0 Å². The van der Waals surface area contributed by atoms with Gasteiger partial charge in [0.2, 0.25) is 0 Å². The topological polar surface area (TPSA) is 46.5 Å². The van der Waals surface area contributed by atoms with Gasteiger partial charge in [-0.1, -0.05) is 36.4 Å². The van der Waals surface area contributed by atoms with E-state index in [-0.39, 0.29) is 12.6 Å². The van der Waals surface area contributed by atoms with Crippen LogP contribution in [-0.2, 0) is 16.0 Å². The highest BCUT2D eigenvalue weighted by molar-refractivity contribution is 5.66. The Labute approximate surface area is 102 Å². The van der Waals surface area contributed by atoms with Crippen LogP contribution in [0.25, 0.3) is 0 Å².